The number of fused-ring (bicyclic) bond motifs is 2. The monoisotopic (exact) mass is 496 g/mol. The Kier molecular flexibility index (Phi) is 5.52. The first kappa shape index (κ1) is 23.0. The fourth-order valence-electron chi connectivity index (χ4n) is 5.60. The van der Waals surface area contributed by atoms with E-state index in [0.29, 0.717) is 34.7 Å². The first-order valence-electron chi connectivity index (χ1n) is 11.1. The maximum atomic E-state index is 12.6. The minimum absolute atomic E-state index is 0.172. The van der Waals surface area contributed by atoms with E-state index in [1.165, 1.54) is 18.2 Å². The summed E-state index contributed by atoms with van der Waals surface area (Å²) in [4.78, 5) is -0.408. The average Bonchev–Trinajstić information content (AvgIpc) is 2.82. The molecule has 0 aliphatic heterocycles. The van der Waals surface area contributed by atoms with Crippen molar-refractivity contribution in [2.45, 2.75) is 47.3 Å². The second-order valence-electron chi connectivity index (χ2n) is 8.94. The van der Waals surface area contributed by atoms with Gasteiger partial charge < -0.3 is 0 Å². The summed E-state index contributed by atoms with van der Waals surface area (Å²) in [6.45, 7) is 0. The van der Waals surface area contributed by atoms with Crippen LogP contribution >= 0.6 is 0 Å². The topological polar surface area (TPSA) is 109 Å². The van der Waals surface area contributed by atoms with E-state index in [4.69, 9.17) is 0 Å². The lowest BCUT2D eigenvalue weighted by atomic mass is 9.63. The molecule has 8 heteroatoms. The first-order valence-corrected chi connectivity index (χ1v) is 14.0. The fraction of sp³-hybridized carbons (Fsp3) is 0.231. The van der Waals surface area contributed by atoms with Crippen molar-refractivity contribution in [2.75, 3.05) is 0 Å². The first-order chi connectivity index (χ1) is 16.1. The van der Waals surface area contributed by atoms with Gasteiger partial charge in [-0.15, -0.1) is 0 Å². The second kappa shape index (κ2) is 8.16. The van der Waals surface area contributed by atoms with Crippen LogP contribution in [0.3, 0.4) is 0 Å². The van der Waals surface area contributed by atoms with E-state index < -0.39 is 25.7 Å². The predicted molar refractivity (Wildman–Crippen MR) is 131 cm³/mol. The summed E-state index contributed by atoms with van der Waals surface area (Å²) in [5.74, 6) is 0. The lowest BCUT2D eigenvalue weighted by molar-refractivity contribution is 0.343. The van der Waals surface area contributed by atoms with Crippen molar-refractivity contribution in [3.05, 3.63) is 83.9 Å². The highest BCUT2D eigenvalue weighted by Gasteiger charge is 2.42. The molecule has 0 saturated heterocycles. The standard InChI is InChI=1S/C26H24O6S2/c27-33(28,29)20-16-19-9-3-4-10-21(19)23(17-20)26(14-6-1-7-15-26)25-22-11-5-2-8-18(22)12-13-24(25)34(30,31)32/h2-5,8-13,16-17H,1,6-7,14-15H2,(H,27,28,29)(H,30,31,32). The highest BCUT2D eigenvalue weighted by molar-refractivity contribution is 7.86. The largest absolute Gasteiger partial charge is 0.294 e. The van der Waals surface area contributed by atoms with E-state index >= 15 is 0 Å². The molecule has 0 atom stereocenters. The molecule has 1 aliphatic rings. The van der Waals surface area contributed by atoms with Crippen LogP contribution in [0.2, 0.25) is 0 Å². The lowest BCUT2D eigenvalue weighted by Crippen LogP contribution is -2.33. The highest BCUT2D eigenvalue weighted by atomic mass is 32.2. The Morgan fingerprint density at radius 1 is 0.647 bits per heavy atom. The molecule has 6 nitrogen and oxygen atoms in total. The molecule has 1 saturated carbocycles. The number of hydrogen-bond acceptors (Lipinski definition) is 4. The van der Waals surface area contributed by atoms with Gasteiger partial charge in [-0.05, 0) is 63.7 Å². The van der Waals surface area contributed by atoms with Gasteiger partial charge in [0.1, 0.15) is 0 Å². The van der Waals surface area contributed by atoms with Crippen molar-refractivity contribution in [3.8, 4) is 0 Å². The molecule has 0 heterocycles. The fourth-order valence-corrected chi connectivity index (χ4v) is 6.94. The molecule has 1 aliphatic carbocycles. The van der Waals surface area contributed by atoms with Gasteiger partial charge in [0.2, 0.25) is 0 Å². The van der Waals surface area contributed by atoms with Gasteiger partial charge in [0, 0.05) is 5.41 Å². The van der Waals surface area contributed by atoms with Crippen LogP contribution in [0, 0.1) is 0 Å². The minimum atomic E-state index is -4.58. The van der Waals surface area contributed by atoms with Crippen LogP contribution in [0.1, 0.15) is 43.2 Å². The maximum absolute atomic E-state index is 12.6. The molecule has 0 unspecified atom stereocenters. The third-order valence-corrected chi connectivity index (χ3v) is 8.73. The van der Waals surface area contributed by atoms with Crippen LogP contribution in [-0.2, 0) is 25.7 Å². The van der Waals surface area contributed by atoms with Crippen LogP contribution in [-0.4, -0.2) is 25.9 Å². The zero-order valence-electron chi connectivity index (χ0n) is 18.3. The Labute approximate surface area is 198 Å². The molecule has 5 rings (SSSR count). The zero-order valence-corrected chi connectivity index (χ0v) is 19.9. The van der Waals surface area contributed by atoms with E-state index in [1.54, 1.807) is 18.2 Å². The van der Waals surface area contributed by atoms with E-state index in [1.807, 2.05) is 36.4 Å². The molecule has 2 N–H and O–H groups in total. The van der Waals surface area contributed by atoms with E-state index in [9.17, 15) is 25.9 Å². The van der Waals surface area contributed by atoms with Crippen molar-refractivity contribution in [1.82, 2.24) is 0 Å². The molecule has 176 valence electrons. The average molecular weight is 497 g/mol. The van der Waals surface area contributed by atoms with Crippen molar-refractivity contribution < 1.29 is 25.9 Å². The zero-order chi connectivity index (χ0) is 24.1. The quantitative estimate of drug-likeness (QED) is 0.349. The molecular weight excluding hydrogens is 472 g/mol. The van der Waals surface area contributed by atoms with Gasteiger partial charge in [-0.3, -0.25) is 9.11 Å². The molecule has 34 heavy (non-hydrogen) atoms. The summed E-state index contributed by atoms with van der Waals surface area (Å²) < 4.78 is 69.8. The maximum Gasteiger partial charge on any atom is 0.294 e. The Balaban J connectivity index is 1.99. The van der Waals surface area contributed by atoms with Gasteiger partial charge in [0.15, 0.2) is 0 Å². The normalized spacial score (nSPS) is 16.6. The summed E-state index contributed by atoms with van der Waals surface area (Å²) >= 11 is 0. The van der Waals surface area contributed by atoms with Gasteiger partial charge in [-0.25, -0.2) is 0 Å². The van der Waals surface area contributed by atoms with Crippen LogP contribution in [0.4, 0.5) is 0 Å². The number of benzene rings is 4. The summed E-state index contributed by atoms with van der Waals surface area (Å²) in [6.07, 6.45) is 3.71. The molecular formula is C26H24O6S2. The van der Waals surface area contributed by atoms with Crippen molar-refractivity contribution in [3.63, 3.8) is 0 Å². The number of rotatable bonds is 4. The molecule has 4 aromatic carbocycles. The molecule has 0 aromatic heterocycles. The summed E-state index contributed by atoms with van der Waals surface area (Å²) in [5, 5.41) is 2.93. The van der Waals surface area contributed by atoms with Gasteiger partial charge in [0.25, 0.3) is 20.2 Å². The molecule has 0 radical (unpaired) electrons. The second-order valence-corrected chi connectivity index (χ2v) is 11.8. The molecule has 4 aromatic rings. The highest BCUT2D eigenvalue weighted by Crippen LogP contribution is 2.51. The van der Waals surface area contributed by atoms with Crippen LogP contribution in [0.25, 0.3) is 21.5 Å². The van der Waals surface area contributed by atoms with Gasteiger partial charge >= 0.3 is 0 Å². The minimum Gasteiger partial charge on any atom is -0.282 e. The lowest BCUT2D eigenvalue weighted by Gasteiger charge is -2.41. The van der Waals surface area contributed by atoms with Crippen molar-refractivity contribution in [1.29, 1.82) is 0 Å². The Bertz CT molecular complexity index is 1630. The van der Waals surface area contributed by atoms with Crippen molar-refractivity contribution >= 4 is 41.8 Å². The van der Waals surface area contributed by atoms with Crippen LogP contribution in [0.5, 0.6) is 0 Å². The molecule has 0 bridgehead atoms. The summed E-state index contributed by atoms with van der Waals surface area (Å²) in [5.41, 5.74) is 0.231. The van der Waals surface area contributed by atoms with Gasteiger partial charge in [-0.2, -0.15) is 16.8 Å². The SMILES string of the molecule is O=S(=O)(O)c1cc(C2(c3c(S(=O)(=O)O)ccc4ccccc34)CCCCC2)c2ccccc2c1. The Morgan fingerprint density at radius 3 is 1.91 bits per heavy atom. The number of hydrogen-bond donors (Lipinski definition) is 2. The van der Waals surface area contributed by atoms with Gasteiger partial charge in [0.05, 0.1) is 9.79 Å². The summed E-state index contributed by atoms with van der Waals surface area (Å²) in [6, 6.07) is 20.7. The van der Waals surface area contributed by atoms with E-state index in [2.05, 4.69) is 0 Å². The summed E-state index contributed by atoms with van der Waals surface area (Å²) in [7, 11) is -9.09. The molecule has 0 amide bonds. The van der Waals surface area contributed by atoms with Gasteiger partial charge in [-0.1, -0.05) is 73.9 Å². The van der Waals surface area contributed by atoms with E-state index in [0.717, 1.165) is 30.0 Å². The van der Waals surface area contributed by atoms with Crippen LogP contribution in [0.15, 0.2) is 82.6 Å². The third-order valence-electron chi connectivity index (χ3n) is 7.00. The smallest absolute Gasteiger partial charge is 0.282 e. The molecule has 0 spiro atoms. The Hall–Kier alpha value is -2.78. The third kappa shape index (κ3) is 3.80. The van der Waals surface area contributed by atoms with Crippen molar-refractivity contribution in [2.24, 2.45) is 0 Å². The molecule has 1 fully saturated rings. The predicted octanol–water partition coefficient (Wildman–Crippen LogP) is 5.74. The van der Waals surface area contributed by atoms with Crippen LogP contribution < -0.4 is 0 Å². The van der Waals surface area contributed by atoms with E-state index in [-0.39, 0.29) is 9.79 Å². The Morgan fingerprint density at radius 2 is 1.26 bits per heavy atom.